The van der Waals surface area contributed by atoms with Gasteiger partial charge >= 0.3 is 0 Å². The minimum Gasteiger partial charge on any atom is -0.324 e. The van der Waals surface area contributed by atoms with Crippen molar-refractivity contribution in [2.24, 2.45) is 11.7 Å². The molecule has 2 nitrogen and oxygen atoms in total. The van der Waals surface area contributed by atoms with Gasteiger partial charge in [-0.15, -0.1) is 0 Å². The number of rotatable bonds is 2. The Morgan fingerprint density at radius 3 is 2.87 bits per heavy atom. The molecule has 2 unspecified atom stereocenters. The average molecular weight is 226 g/mol. The predicted octanol–water partition coefficient (Wildman–Crippen LogP) is 1.72. The Morgan fingerprint density at radius 1 is 1.47 bits per heavy atom. The summed E-state index contributed by atoms with van der Waals surface area (Å²) in [6.07, 6.45) is 5.61. The molecule has 0 aromatic rings. The SMILES string of the molecule is CC1(C)CN(CC2C=CC(N)C2)CCS1. The van der Waals surface area contributed by atoms with Gasteiger partial charge in [-0.3, -0.25) is 0 Å². The minimum atomic E-state index is 0.308. The summed E-state index contributed by atoms with van der Waals surface area (Å²) in [6, 6.07) is 0.308. The monoisotopic (exact) mass is 226 g/mol. The van der Waals surface area contributed by atoms with Crippen molar-refractivity contribution < 1.29 is 0 Å². The molecule has 0 aromatic carbocycles. The summed E-state index contributed by atoms with van der Waals surface area (Å²) in [6.45, 7) is 8.36. The first kappa shape index (κ1) is 11.5. The van der Waals surface area contributed by atoms with Crippen molar-refractivity contribution in [1.82, 2.24) is 4.90 Å². The van der Waals surface area contributed by atoms with Crippen LogP contribution >= 0.6 is 11.8 Å². The fourth-order valence-electron chi connectivity index (χ4n) is 2.54. The van der Waals surface area contributed by atoms with Crippen LogP contribution in [0.5, 0.6) is 0 Å². The van der Waals surface area contributed by atoms with Gasteiger partial charge in [-0.25, -0.2) is 0 Å². The summed E-state index contributed by atoms with van der Waals surface area (Å²) in [5.74, 6) is 1.97. The molecule has 0 aromatic heterocycles. The zero-order valence-corrected chi connectivity index (χ0v) is 10.6. The molecular weight excluding hydrogens is 204 g/mol. The molecule has 1 aliphatic heterocycles. The van der Waals surface area contributed by atoms with Gasteiger partial charge in [0.25, 0.3) is 0 Å². The first-order chi connectivity index (χ1) is 7.05. The lowest BCUT2D eigenvalue weighted by Gasteiger charge is -2.38. The second kappa shape index (κ2) is 4.48. The maximum Gasteiger partial charge on any atom is 0.0231 e. The largest absolute Gasteiger partial charge is 0.324 e. The molecule has 0 spiro atoms. The molecular formula is C12H22N2S. The van der Waals surface area contributed by atoms with Crippen molar-refractivity contribution in [3.05, 3.63) is 12.2 Å². The van der Waals surface area contributed by atoms with Crippen LogP contribution in [0.25, 0.3) is 0 Å². The lowest BCUT2D eigenvalue weighted by atomic mass is 10.1. The van der Waals surface area contributed by atoms with Crippen LogP contribution in [-0.4, -0.2) is 41.1 Å². The Bertz CT molecular complexity index is 250. The Balaban J connectivity index is 1.82. The van der Waals surface area contributed by atoms with Crippen molar-refractivity contribution in [2.75, 3.05) is 25.4 Å². The summed E-state index contributed by atoms with van der Waals surface area (Å²) in [5, 5.41) is 0. The van der Waals surface area contributed by atoms with Crippen molar-refractivity contribution in [3.63, 3.8) is 0 Å². The van der Waals surface area contributed by atoms with Crippen LogP contribution < -0.4 is 5.73 Å². The van der Waals surface area contributed by atoms with E-state index >= 15 is 0 Å². The molecule has 1 saturated heterocycles. The highest BCUT2D eigenvalue weighted by atomic mass is 32.2. The first-order valence-corrected chi connectivity index (χ1v) is 6.84. The quantitative estimate of drug-likeness (QED) is 0.727. The fourth-order valence-corrected chi connectivity index (χ4v) is 3.72. The Hall–Kier alpha value is 0.01000. The van der Waals surface area contributed by atoms with Crippen LogP contribution in [0.1, 0.15) is 20.3 Å². The summed E-state index contributed by atoms with van der Waals surface area (Å²) >= 11 is 2.10. The van der Waals surface area contributed by atoms with Gasteiger partial charge in [0.05, 0.1) is 0 Å². The fraction of sp³-hybridized carbons (Fsp3) is 0.833. The smallest absolute Gasteiger partial charge is 0.0231 e. The number of hydrogen-bond donors (Lipinski definition) is 1. The van der Waals surface area contributed by atoms with Crippen LogP contribution in [0.2, 0.25) is 0 Å². The molecule has 2 aliphatic rings. The van der Waals surface area contributed by atoms with E-state index in [0.717, 1.165) is 6.42 Å². The second-order valence-electron chi connectivity index (χ2n) is 5.39. The van der Waals surface area contributed by atoms with Gasteiger partial charge in [-0.1, -0.05) is 12.2 Å². The molecule has 1 fully saturated rings. The number of nitrogens with two attached hydrogens (primary N) is 1. The van der Waals surface area contributed by atoms with Crippen LogP contribution in [0.4, 0.5) is 0 Å². The zero-order valence-electron chi connectivity index (χ0n) is 9.78. The highest BCUT2D eigenvalue weighted by molar-refractivity contribution is 8.00. The van der Waals surface area contributed by atoms with Gasteiger partial charge in [0, 0.05) is 36.2 Å². The summed E-state index contributed by atoms with van der Waals surface area (Å²) < 4.78 is 0.433. The van der Waals surface area contributed by atoms with Gasteiger partial charge in [0.15, 0.2) is 0 Å². The van der Waals surface area contributed by atoms with Crippen molar-refractivity contribution >= 4 is 11.8 Å². The summed E-state index contributed by atoms with van der Waals surface area (Å²) in [4.78, 5) is 2.60. The molecule has 0 bridgehead atoms. The van der Waals surface area contributed by atoms with E-state index in [-0.39, 0.29) is 0 Å². The summed E-state index contributed by atoms with van der Waals surface area (Å²) in [7, 11) is 0. The van der Waals surface area contributed by atoms with Crippen LogP contribution in [0.15, 0.2) is 12.2 Å². The lowest BCUT2D eigenvalue weighted by Crippen LogP contribution is -2.44. The Morgan fingerprint density at radius 2 is 2.27 bits per heavy atom. The Labute approximate surface area is 97.3 Å². The zero-order chi connectivity index (χ0) is 10.9. The molecule has 2 N–H and O–H groups in total. The van der Waals surface area contributed by atoms with Gasteiger partial charge in [0.1, 0.15) is 0 Å². The standard InChI is InChI=1S/C12H22N2S/c1-12(2)9-14(5-6-15-12)8-10-3-4-11(13)7-10/h3-4,10-11H,5-9,13H2,1-2H3. The molecule has 0 saturated carbocycles. The van der Waals surface area contributed by atoms with E-state index in [4.69, 9.17) is 5.73 Å². The predicted molar refractivity (Wildman–Crippen MR) is 68.2 cm³/mol. The van der Waals surface area contributed by atoms with E-state index in [1.165, 1.54) is 25.4 Å². The van der Waals surface area contributed by atoms with Gasteiger partial charge in [-0.05, 0) is 26.2 Å². The normalized spacial score (nSPS) is 35.9. The number of nitrogens with zero attached hydrogens (tertiary/aromatic N) is 1. The van der Waals surface area contributed by atoms with Gasteiger partial charge in [0.2, 0.25) is 0 Å². The molecule has 2 atom stereocenters. The molecule has 1 heterocycles. The highest BCUT2D eigenvalue weighted by Gasteiger charge is 2.28. The van der Waals surface area contributed by atoms with E-state index in [0.29, 0.717) is 16.7 Å². The number of hydrogen-bond acceptors (Lipinski definition) is 3. The third-order valence-corrected chi connectivity index (χ3v) is 4.50. The molecule has 2 rings (SSSR count). The molecule has 0 radical (unpaired) electrons. The van der Waals surface area contributed by atoms with E-state index in [1.54, 1.807) is 0 Å². The highest BCUT2D eigenvalue weighted by Crippen LogP contribution is 2.30. The Kier molecular flexibility index (Phi) is 3.43. The molecule has 15 heavy (non-hydrogen) atoms. The maximum atomic E-state index is 5.87. The molecule has 3 heteroatoms. The van der Waals surface area contributed by atoms with E-state index in [2.05, 4.69) is 42.7 Å². The third-order valence-electron chi connectivity index (χ3n) is 3.20. The topological polar surface area (TPSA) is 29.3 Å². The van der Waals surface area contributed by atoms with Crippen molar-refractivity contribution in [3.8, 4) is 0 Å². The van der Waals surface area contributed by atoms with Crippen molar-refractivity contribution in [2.45, 2.75) is 31.1 Å². The summed E-state index contributed by atoms with van der Waals surface area (Å²) in [5.41, 5.74) is 5.87. The average Bonchev–Trinajstić information content (AvgIpc) is 2.49. The van der Waals surface area contributed by atoms with E-state index in [9.17, 15) is 0 Å². The van der Waals surface area contributed by atoms with Crippen LogP contribution in [0, 0.1) is 5.92 Å². The van der Waals surface area contributed by atoms with Crippen LogP contribution in [-0.2, 0) is 0 Å². The van der Waals surface area contributed by atoms with Gasteiger partial charge in [-0.2, -0.15) is 11.8 Å². The lowest BCUT2D eigenvalue weighted by molar-refractivity contribution is 0.234. The molecule has 0 amide bonds. The van der Waals surface area contributed by atoms with Gasteiger partial charge < -0.3 is 10.6 Å². The number of thioether (sulfide) groups is 1. The second-order valence-corrected chi connectivity index (χ2v) is 7.19. The molecule has 1 aliphatic carbocycles. The minimum absolute atomic E-state index is 0.308. The van der Waals surface area contributed by atoms with E-state index in [1.807, 2.05) is 0 Å². The van der Waals surface area contributed by atoms with Crippen LogP contribution in [0.3, 0.4) is 0 Å². The third kappa shape index (κ3) is 3.23. The molecule has 86 valence electrons. The van der Waals surface area contributed by atoms with E-state index < -0.39 is 0 Å². The first-order valence-electron chi connectivity index (χ1n) is 5.85. The van der Waals surface area contributed by atoms with Crippen molar-refractivity contribution in [1.29, 1.82) is 0 Å². The maximum absolute atomic E-state index is 5.87.